The number of halogens is 1. The molecule has 1 aromatic carbocycles. The summed E-state index contributed by atoms with van der Waals surface area (Å²) in [5.74, 6) is 0.216. The van der Waals surface area contributed by atoms with Gasteiger partial charge in [0.05, 0.1) is 0 Å². The molecule has 0 unspecified atom stereocenters. The zero-order chi connectivity index (χ0) is 16.4. The summed E-state index contributed by atoms with van der Waals surface area (Å²) in [6.45, 7) is 8.40. The summed E-state index contributed by atoms with van der Waals surface area (Å²) in [6.07, 6.45) is 3.95. The van der Waals surface area contributed by atoms with Gasteiger partial charge in [-0.05, 0) is 63.2 Å². The quantitative estimate of drug-likeness (QED) is 0.853. The van der Waals surface area contributed by atoms with Crippen LogP contribution in [-0.4, -0.2) is 41.9 Å². The highest BCUT2D eigenvalue weighted by atomic mass is 19.1. The van der Waals surface area contributed by atoms with E-state index < -0.39 is 0 Å². The van der Waals surface area contributed by atoms with E-state index in [1.54, 1.807) is 6.07 Å². The Morgan fingerprint density at radius 3 is 2.61 bits per heavy atom. The average molecular weight is 318 g/mol. The first-order valence-corrected chi connectivity index (χ1v) is 8.76. The number of carbonyl (C=O) groups is 1. The van der Waals surface area contributed by atoms with Gasteiger partial charge in [0.1, 0.15) is 5.82 Å². The minimum absolute atomic E-state index is 0.0919. The molecular formula is C19H27FN2O. The first-order chi connectivity index (χ1) is 11.0. The van der Waals surface area contributed by atoms with Gasteiger partial charge in [-0.2, -0.15) is 0 Å². The molecule has 4 heteroatoms. The van der Waals surface area contributed by atoms with E-state index in [1.165, 1.54) is 0 Å². The molecule has 0 aliphatic carbocycles. The summed E-state index contributed by atoms with van der Waals surface area (Å²) in [6, 6.07) is 5.51. The number of rotatable bonds is 3. The molecule has 2 saturated heterocycles. The van der Waals surface area contributed by atoms with Crippen molar-refractivity contribution in [3.8, 4) is 0 Å². The summed E-state index contributed by atoms with van der Waals surface area (Å²) in [7, 11) is 0. The third-order valence-electron chi connectivity index (χ3n) is 5.65. The molecule has 1 spiro atoms. The number of likely N-dealkylation sites (tertiary alicyclic amines) is 2. The summed E-state index contributed by atoms with van der Waals surface area (Å²) >= 11 is 0. The van der Waals surface area contributed by atoms with E-state index in [-0.39, 0.29) is 5.82 Å². The van der Waals surface area contributed by atoms with Crippen LogP contribution in [0.2, 0.25) is 0 Å². The Morgan fingerprint density at radius 2 is 1.96 bits per heavy atom. The van der Waals surface area contributed by atoms with Crippen molar-refractivity contribution in [1.29, 1.82) is 0 Å². The van der Waals surface area contributed by atoms with Crippen LogP contribution in [0.3, 0.4) is 0 Å². The van der Waals surface area contributed by atoms with E-state index in [0.29, 0.717) is 24.3 Å². The van der Waals surface area contributed by atoms with E-state index in [1.807, 2.05) is 24.0 Å². The van der Waals surface area contributed by atoms with Gasteiger partial charge in [0.25, 0.3) is 0 Å². The third-order valence-corrected chi connectivity index (χ3v) is 5.65. The minimum Gasteiger partial charge on any atom is -0.342 e. The Bertz CT molecular complexity index is 579. The van der Waals surface area contributed by atoms with Crippen molar-refractivity contribution < 1.29 is 9.18 Å². The smallest absolute Gasteiger partial charge is 0.222 e. The second kappa shape index (κ2) is 6.60. The average Bonchev–Trinajstić information content (AvgIpc) is 2.55. The highest BCUT2D eigenvalue weighted by Gasteiger charge is 2.40. The highest BCUT2D eigenvalue weighted by Crippen LogP contribution is 2.40. The fraction of sp³-hybridized carbons (Fsp3) is 0.632. The largest absolute Gasteiger partial charge is 0.342 e. The zero-order valence-corrected chi connectivity index (χ0v) is 14.3. The van der Waals surface area contributed by atoms with Crippen molar-refractivity contribution in [3.63, 3.8) is 0 Å². The number of hydrogen-bond donors (Lipinski definition) is 0. The molecule has 1 amide bonds. The Balaban J connectivity index is 1.59. The number of amides is 1. The normalized spacial score (nSPS) is 21.9. The second-order valence-electron chi connectivity index (χ2n) is 7.28. The minimum atomic E-state index is -0.0919. The number of hydrogen-bond acceptors (Lipinski definition) is 2. The molecule has 126 valence electrons. The van der Waals surface area contributed by atoms with Crippen LogP contribution in [0, 0.1) is 18.2 Å². The number of piperidine rings is 2. The molecule has 0 aromatic heterocycles. The maximum absolute atomic E-state index is 14.0. The first kappa shape index (κ1) is 16.4. The molecule has 2 heterocycles. The molecule has 2 aliphatic heterocycles. The summed E-state index contributed by atoms with van der Waals surface area (Å²) in [4.78, 5) is 16.3. The van der Waals surface area contributed by atoms with Gasteiger partial charge in [0.2, 0.25) is 5.91 Å². The van der Waals surface area contributed by atoms with Crippen LogP contribution in [0.4, 0.5) is 4.39 Å². The lowest BCUT2D eigenvalue weighted by Crippen LogP contribution is -2.51. The van der Waals surface area contributed by atoms with Crippen molar-refractivity contribution in [1.82, 2.24) is 9.80 Å². The summed E-state index contributed by atoms with van der Waals surface area (Å²) < 4.78 is 14.0. The van der Waals surface area contributed by atoms with Crippen LogP contribution in [0.25, 0.3) is 0 Å². The first-order valence-electron chi connectivity index (χ1n) is 8.76. The van der Waals surface area contributed by atoms with Gasteiger partial charge in [-0.25, -0.2) is 4.39 Å². The highest BCUT2D eigenvalue weighted by molar-refractivity contribution is 5.77. The lowest BCUT2D eigenvalue weighted by atomic mass is 9.72. The zero-order valence-electron chi connectivity index (χ0n) is 14.3. The van der Waals surface area contributed by atoms with Crippen LogP contribution in [-0.2, 0) is 11.3 Å². The lowest BCUT2D eigenvalue weighted by molar-refractivity contribution is -0.138. The van der Waals surface area contributed by atoms with Crippen molar-refractivity contribution in [2.24, 2.45) is 5.41 Å². The van der Waals surface area contributed by atoms with Crippen LogP contribution in [0.15, 0.2) is 18.2 Å². The maximum Gasteiger partial charge on any atom is 0.222 e. The maximum atomic E-state index is 14.0. The standard InChI is InChI=1S/C19H27FN2O/c1-3-22-14-19(7-6-18(22)23)8-10-21(11-9-19)13-16-5-4-15(2)12-17(16)20/h4-5,12H,3,6-11,13-14H2,1-2H3. The molecule has 0 radical (unpaired) electrons. The van der Waals surface area contributed by atoms with Gasteiger partial charge in [-0.15, -0.1) is 0 Å². The van der Waals surface area contributed by atoms with Crippen LogP contribution < -0.4 is 0 Å². The molecule has 3 rings (SSSR count). The predicted octanol–water partition coefficient (Wildman–Crippen LogP) is 3.36. The Labute approximate surface area is 138 Å². The molecule has 1 aromatic rings. The monoisotopic (exact) mass is 318 g/mol. The second-order valence-corrected chi connectivity index (χ2v) is 7.28. The molecule has 23 heavy (non-hydrogen) atoms. The number of nitrogens with zero attached hydrogens (tertiary/aromatic N) is 2. The third kappa shape index (κ3) is 3.57. The van der Waals surface area contributed by atoms with Crippen LogP contribution in [0.1, 0.15) is 43.7 Å². The number of aryl methyl sites for hydroxylation is 1. The summed E-state index contributed by atoms with van der Waals surface area (Å²) in [5.41, 5.74) is 2.06. The lowest BCUT2D eigenvalue weighted by Gasteiger charge is -2.47. The van der Waals surface area contributed by atoms with Crippen molar-refractivity contribution in [2.75, 3.05) is 26.2 Å². The molecule has 0 bridgehead atoms. The van der Waals surface area contributed by atoms with E-state index >= 15 is 0 Å². The molecule has 0 N–H and O–H groups in total. The fourth-order valence-electron chi connectivity index (χ4n) is 4.01. The molecule has 2 aliphatic rings. The SMILES string of the molecule is CCN1CC2(CCC1=O)CCN(Cc1ccc(C)cc1F)CC2. The van der Waals surface area contributed by atoms with E-state index in [9.17, 15) is 9.18 Å². The Morgan fingerprint density at radius 1 is 1.22 bits per heavy atom. The molecule has 3 nitrogen and oxygen atoms in total. The number of carbonyl (C=O) groups excluding carboxylic acids is 1. The van der Waals surface area contributed by atoms with Crippen LogP contribution >= 0.6 is 0 Å². The van der Waals surface area contributed by atoms with Gasteiger partial charge < -0.3 is 4.90 Å². The Hall–Kier alpha value is -1.42. The topological polar surface area (TPSA) is 23.6 Å². The van der Waals surface area contributed by atoms with Crippen molar-refractivity contribution in [2.45, 2.75) is 46.1 Å². The van der Waals surface area contributed by atoms with E-state index in [2.05, 4.69) is 11.8 Å². The fourth-order valence-corrected chi connectivity index (χ4v) is 4.01. The number of benzene rings is 1. The molecule has 0 atom stereocenters. The van der Waals surface area contributed by atoms with Crippen molar-refractivity contribution >= 4 is 5.91 Å². The van der Waals surface area contributed by atoms with E-state index in [4.69, 9.17) is 0 Å². The van der Waals surface area contributed by atoms with Gasteiger partial charge in [-0.1, -0.05) is 12.1 Å². The molecular weight excluding hydrogens is 291 g/mol. The van der Waals surface area contributed by atoms with Crippen LogP contribution in [0.5, 0.6) is 0 Å². The molecule has 0 saturated carbocycles. The van der Waals surface area contributed by atoms with Gasteiger partial charge >= 0.3 is 0 Å². The van der Waals surface area contributed by atoms with Gasteiger partial charge in [-0.3, -0.25) is 9.69 Å². The van der Waals surface area contributed by atoms with Crippen molar-refractivity contribution in [3.05, 3.63) is 35.1 Å². The Kier molecular flexibility index (Phi) is 4.72. The predicted molar refractivity (Wildman–Crippen MR) is 89.6 cm³/mol. The van der Waals surface area contributed by atoms with Gasteiger partial charge in [0, 0.05) is 31.6 Å². The summed E-state index contributed by atoms with van der Waals surface area (Å²) in [5, 5.41) is 0. The van der Waals surface area contributed by atoms with Gasteiger partial charge in [0.15, 0.2) is 0 Å². The molecule has 2 fully saturated rings. The van der Waals surface area contributed by atoms with E-state index in [0.717, 1.165) is 56.6 Å².